The van der Waals surface area contributed by atoms with Gasteiger partial charge in [0.1, 0.15) is 39.9 Å². The second kappa shape index (κ2) is 28.4. The molecule has 0 bridgehead atoms. The molecule has 2 aliphatic heterocycles. The lowest BCUT2D eigenvalue weighted by Crippen LogP contribution is -2.49. The zero-order chi connectivity index (χ0) is 59.1. The van der Waals surface area contributed by atoms with Crippen LogP contribution in [0.2, 0.25) is 20.1 Å². The van der Waals surface area contributed by atoms with Crippen LogP contribution in [-0.4, -0.2) is 127 Å². The first kappa shape index (κ1) is 62.0. The first-order valence-electron chi connectivity index (χ1n) is 25.9. The molecule has 1 amide bonds. The molecule has 0 aliphatic carbocycles. The van der Waals surface area contributed by atoms with Gasteiger partial charge in [-0.05, 0) is 162 Å². The summed E-state index contributed by atoms with van der Waals surface area (Å²) in [7, 11) is 0. The highest BCUT2D eigenvalue weighted by Crippen LogP contribution is 2.30. The average molecular weight is 1200 g/mol. The number of non-ortho nitro benzene ring substituents is 1. The smallest absolute Gasteiger partial charge is 0.440 e. The number of nitrogens with one attached hydrogen (secondary N) is 1. The van der Waals surface area contributed by atoms with Crippen molar-refractivity contribution in [3.05, 3.63) is 186 Å². The number of nitrogens with zero attached hydrogens (tertiary/aromatic N) is 8. The maximum absolute atomic E-state index is 12.9. The van der Waals surface area contributed by atoms with Crippen molar-refractivity contribution in [3.63, 3.8) is 0 Å². The van der Waals surface area contributed by atoms with E-state index in [1.807, 2.05) is 54.6 Å². The number of piperazine rings is 2. The lowest BCUT2D eigenvalue weighted by molar-refractivity contribution is -0.384. The van der Waals surface area contributed by atoms with E-state index in [2.05, 4.69) is 25.3 Å². The Morgan fingerprint density at radius 2 is 0.963 bits per heavy atom. The number of halogens is 4. The number of carbonyl (C=O) groups is 4. The fourth-order valence-corrected chi connectivity index (χ4v) is 8.71. The van der Waals surface area contributed by atoms with Crippen LogP contribution in [0.1, 0.15) is 73.6 Å². The van der Waals surface area contributed by atoms with Crippen LogP contribution < -0.4 is 19.5 Å². The fraction of sp³-hybridized carbons (Fsp3) is 0.310. The van der Waals surface area contributed by atoms with Crippen molar-refractivity contribution >= 4 is 76.2 Å². The van der Waals surface area contributed by atoms with E-state index in [4.69, 9.17) is 70.1 Å². The second-order valence-corrected chi connectivity index (χ2v) is 22.4. The second-order valence-electron chi connectivity index (χ2n) is 20.7. The molecule has 432 valence electrons. The Kier molecular flexibility index (Phi) is 21.5. The molecule has 9 rings (SSSR count). The lowest BCUT2D eigenvalue weighted by Gasteiger charge is -2.34. The van der Waals surface area contributed by atoms with Crippen molar-refractivity contribution in [3.8, 4) is 28.7 Å². The van der Waals surface area contributed by atoms with Crippen molar-refractivity contribution in [1.29, 1.82) is 0 Å². The first-order chi connectivity index (χ1) is 38.9. The van der Waals surface area contributed by atoms with E-state index in [1.165, 1.54) is 59.0 Å². The van der Waals surface area contributed by atoms with Crippen LogP contribution in [0.5, 0.6) is 28.7 Å². The Morgan fingerprint density at radius 1 is 0.537 bits per heavy atom. The predicted molar refractivity (Wildman–Crippen MR) is 311 cm³/mol. The molecule has 2 aromatic heterocycles. The molecule has 2 fully saturated rings. The number of hydrogen-bond acceptors (Lipinski definition) is 16. The van der Waals surface area contributed by atoms with Crippen molar-refractivity contribution in [2.45, 2.75) is 65.8 Å². The molecular weight excluding hydrogens is 1140 g/mol. The van der Waals surface area contributed by atoms with E-state index in [0.29, 0.717) is 64.3 Å². The number of nitro groups is 1. The van der Waals surface area contributed by atoms with E-state index in [-0.39, 0.29) is 28.9 Å². The largest absolute Gasteiger partial charge is 0.457 e. The monoisotopic (exact) mass is 1200 g/mol. The number of carbonyl (C=O) groups excluding carboxylic acids is 4. The number of rotatable bonds is 12. The van der Waals surface area contributed by atoms with Gasteiger partial charge in [-0.25, -0.2) is 19.2 Å². The lowest BCUT2D eigenvalue weighted by atomic mass is 10.2. The minimum atomic E-state index is -0.862. The number of ether oxygens (including phenoxy) is 5. The molecule has 0 saturated carbocycles. The molecular formula is C58H61Cl4N9O11. The standard InChI is InChI=1S/C26H28Cl2N4O4.C17H18Cl2N2O.C15H15N3O6/c1-26(2,3)36-24(33)23-8-9-32(29-23)25(34)31-12-10-30(11-13-31)17-18-14-20(28)16-22(15-18)35-21-6-4-19(27)5-7-21;18-14-1-3-16(4-2-14)22-17-10-13(9-15(19)11-17)12-21-7-5-20-6-8-21;1-15(2,3)24-13(19)12-8-9-17(16-12)14(20)23-11-6-4-10(5-7-11)18(21)22/h4-9,14-16H,10-13,17H2,1-3H3;1-4,9-11,20H,5-8,12H2;4-9H,1-3H3. The third kappa shape index (κ3) is 19.9. The number of nitro benzene ring substituents is 1. The van der Waals surface area contributed by atoms with Crippen molar-refractivity contribution in [1.82, 2.24) is 39.6 Å². The van der Waals surface area contributed by atoms with Gasteiger partial charge >= 0.3 is 24.1 Å². The molecule has 2 saturated heterocycles. The molecule has 0 spiro atoms. The Morgan fingerprint density at radius 3 is 1.41 bits per heavy atom. The molecule has 0 unspecified atom stereocenters. The van der Waals surface area contributed by atoms with Gasteiger partial charge in [0.15, 0.2) is 11.4 Å². The molecule has 24 heteroatoms. The van der Waals surface area contributed by atoms with Crippen molar-refractivity contribution in [2.24, 2.45) is 0 Å². The summed E-state index contributed by atoms with van der Waals surface area (Å²) in [4.78, 5) is 65.2. The maximum atomic E-state index is 12.9. The predicted octanol–water partition coefficient (Wildman–Crippen LogP) is 12.7. The summed E-state index contributed by atoms with van der Waals surface area (Å²) in [5.74, 6) is 1.71. The van der Waals surface area contributed by atoms with Crippen LogP contribution in [0, 0.1) is 10.1 Å². The summed E-state index contributed by atoms with van der Waals surface area (Å²) in [5.41, 5.74) is 0.812. The first-order valence-corrected chi connectivity index (χ1v) is 27.4. The van der Waals surface area contributed by atoms with Crippen LogP contribution in [0.25, 0.3) is 0 Å². The van der Waals surface area contributed by atoms with Gasteiger partial charge in [0.2, 0.25) is 0 Å². The topological polar surface area (TPSA) is 215 Å². The van der Waals surface area contributed by atoms with Crippen LogP contribution in [0.4, 0.5) is 15.3 Å². The maximum Gasteiger partial charge on any atom is 0.440 e. The van der Waals surface area contributed by atoms with E-state index in [1.54, 1.807) is 76.8 Å². The Balaban J connectivity index is 0.000000185. The van der Waals surface area contributed by atoms with Gasteiger partial charge in [-0.2, -0.15) is 19.6 Å². The van der Waals surface area contributed by atoms with E-state index >= 15 is 0 Å². The van der Waals surface area contributed by atoms with Crippen LogP contribution >= 0.6 is 46.4 Å². The van der Waals surface area contributed by atoms with Crippen molar-refractivity contribution in [2.75, 3.05) is 52.4 Å². The summed E-state index contributed by atoms with van der Waals surface area (Å²) in [6.07, 6.45) is 1.88. The summed E-state index contributed by atoms with van der Waals surface area (Å²) in [6.45, 7) is 18.7. The molecule has 0 atom stereocenters. The normalized spacial score (nSPS) is 13.8. The highest BCUT2D eigenvalue weighted by atomic mass is 35.5. The van der Waals surface area contributed by atoms with Crippen LogP contribution in [-0.2, 0) is 22.6 Å². The van der Waals surface area contributed by atoms with Gasteiger partial charge in [0.05, 0.1) is 4.92 Å². The highest BCUT2D eigenvalue weighted by Gasteiger charge is 2.26. The quantitative estimate of drug-likeness (QED) is 0.0684. The van der Waals surface area contributed by atoms with Gasteiger partial charge in [-0.3, -0.25) is 19.9 Å². The molecule has 4 heterocycles. The molecule has 82 heavy (non-hydrogen) atoms. The minimum Gasteiger partial charge on any atom is -0.457 e. The number of benzene rings is 5. The molecule has 20 nitrogen and oxygen atoms in total. The van der Waals surface area contributed by atoms with Gasteiger partial charge in [0.25, 0.3) is 5.69 Å². The van der Waals surface area contributed by atoms with Gasteiger partial charge in [-0.1, -0.05) is 46.4 Å². The van der Waals surface area contributed by atoms with Crippen LogP contribution in [0.15, 0.2) is 134 Å². The summed E-state index contributed by atoms with van der Waals surface area (Å²) in [6, 6.07) is 33.5. The molecule has 0 radical (unpaired) electrons. The zero-order valence-electron chi connectivity index (χ0n) is 45.9. The Hall–Kier alpha value is -7.56. The van der Waals surface area contributed by atoms with E-state index in [9.17, 15) is 29.3 Å². The van der Waals surface area contributed by atoms with Gasteiger partial charge < -0.3 is 33.9 Å². The van der Waals surface area contributed by atoms with E-state index in [0.717, 1.165) is 54.5 Å². The third-order valence-corrected chi connectivity index (χ3v) is 12.6. The third-order valence-electron chi connectivity index (χ3n) is 11.7. The number of aromatic nitrogens is 4. The van der Waals surface area contributed by atoms with Crippen LogP contribution in [0.3, 0.4) is 0 Å². The molecule has 1 N–H and O–H groups in total. The summed E-state index contributed by atoms with van der Waals surface area (Å²) < 4.78 is 29.3. The number of hydrogen-bond donors (Lipinski definition) is 1. The zero-order valence-corrected chi connectivity index (χ0v) is 48.9. The highest BCUT2D eigenvalue weighted by molar-refractivity contribution is 6.31. The molecule has 5 aromatic carbocycles. The molecule has 7 aromatic rings. The van der Waals surface area contributed by atoms with Gasteiger partial charge in [-0.15, -0.1) is 0 Å². The van der Waals surface area contributed by atoms with E-state index < -0.39 is 34.2 Å². The minimum absolute atomic E-state index is 0.0365. The molecule has 2 aliphatic rings. The average Bonchev–Trinajstić information content (AvgIpc) is 4.19. The van der Waals surface area contributed by atoms with Crippen molar-refractivity contribution < 1.29 is 47.8 Å². The SMILES string of the molecule is CC(C)(C)OC(=O)c1ccn(C(=O)N2CCN(Cc3cc(Cl)cc(Oc4ccc(Cl)cc4)c3)CC2)n1.CC(C)(C)OC(=O)c1ccn(C(=O)Oc2ccc([N+](=O)[O-])cc2)n1.Clc1ccc(Oc2cc(Cl)cc(CN3CCNCC3)c2)cc1. The fourth-order valence-electron chi connectivity index (χ4n) is 7.97. The number of amides is 1. The number of esters is 2. The van der Waals surface area contributed by atoms with Gasteiger partial charge in [0, 0.05) is 110 Å². The summed E-state index contributed by atoms with van der Waals surface area (Å²) >= 11 is 24.4. The Bertz CT molecular complexity index is 3310. The summed E-state index contributed by atoms with van der Waals surface area (Å²) in [5, 5.41) is 24.4. The Labute approximate surface area is 494 Å².